The van der Waals surface area contributed by atoms with Crippen molar-refractivity contribution in [2.24, 2.45) is 5.41 Å². The molecule has 0 atom stereocenters. The number of H-pyrrole nitrogens is 1. The molecule has 142 valence electrons. The standard InChI is InChI=1S/C24H25B2N3/c1-23(2,3)24(25,26)15-12-13-27-20(14-15)29-19-11-7-5-9-17(19)21-16-8-4-6-10-18(16)28-22(21)29/h4-14,28H,25-26H2,1-3H3. The van der Waals surface area contributed by atoms with E-state index < -0.39 is 0 Å². The van der Waals surface area contributed by atoms with Gasteiger partial charge in [-0.2, -0.15) is 0 Å². The normalized spacial score (nSPS) is 12.9. The van der Waals surface area contributed by atoms with Crippen LogP contribution in [-0.2, 0) is 5.21 Å². The molecule has 29 heavy (non-hydrogen) atoms. The van der Waals surface area contributed by atoms with Gasteiger partial charge in [0.15, 0.2) is 0 Å². The van der Waals surface area contributed by atoms with Crippen molar-refractivity contribution in [3.05, 3.63) is 72.4 Å². The Morgan fingerprint density at radius 1 is 0.897 bits per heavy atom. The van der Waals surface area contributed by atoms with Gasteiger partial charge in [-0.05, 0) is 29.7 Å². The topological polar surface area (TPSA) is 33.6 Å². The third kappa shape index (κ3) is 2.57. The van der Waals surface area contributed by atoms with Gasteiger partial charge < -0.3 is 4.98 Å². The van der Waals surface area contributed by atoms with Gasteiger partial charge in [-0.1, -0.05) is 67.9 Å². The second kappa shape index (κ2) is 6.03. The van der Waals surface area contributed by atoms with Crippen LogP contribution in [0.4, 0.5) is 0 Å². The van der Waals surface area contributed by atoms with Crippen LogP contribution in [0.2, 0.25) is 0 Å². The lowest BCUT2D eigenvalue weighted by Gasteiger charge is -2.40. The van der Waals surface area contributed by atoms with Crippen LogP contribution in [0.3, 0.4) is 0 Å². The number of hydrogen-bond acceptors (Lipinski definition) is 1. The highest BCUT2D eigenvalue weighted by atomic mass is 15.1. The first kappa shape index (κ1) is 18.1. The predicted molar refractivity (Wildman–Crippen MR) is 129 cm³/mol. The third-order valence-electron chi connectivity index (χ3n) is 6.90. The van der Waals surface area contributed by atoms with Crippen LogP contribution in [-0.4, -0.2) is 30.2 Å². The van der Waals surface area contributed by atoms with Crippen LogP contribution in [0.5, 0.6) is 0 Å². The fourth-order valence-corrected chi connectivity index (χ4v) is 4.17. The molecule has 5 heteroatoms. The molecule has 0 spiro atoms. The largest absolute Gasteiger partial charge is 0.340 e. The maximum Gasteiger partial charge on any atom is 0.138 e. The molecule has 5 aromatic rings. The van der Waals surface area contributed by atoms with E-state index in [0.717, 1.165) is 17.0 Å². The van der Waals surface area contributed by atoms with Gasteiger partial charge in [0.25, 0.3) is 0 Å². The van der Waals surface area contributed by atoms with Crippen LogP contribution in [0.25, 0.3) is 38.7 Å². The molecule has 0 saturated carbocycles. The summed E-state index contributed by atoms with van der Waals surface area (Å²) < 4.78 is 2.27. The Bertz CT molecular complexity index is 1370. The Morgan fingerprint density at radius 2 is 1.59 bits per heavy atom. The molecule has 3 nitrogen and oxygen atoms in total. The molecular weight excluding hydrogens is 352 g/mol. The molecule has 0 aliphatic rings. The van der Waals surface area contributed by atoms with Crippen LogP contribution in [0, 0.1) is 5.41 Å². The summed E-state index contributed by atoms with van der Waals surface area (Å²) in [6.45, 7) is 6.90. The quantitative estimate of drug-likeness (QED) is 0.462. The molecule has 5 rings (SSSR count). The number of pyridine rings is 1. The molecule has 0 unspecified atom stereocenters. The van der Waals surface area contributed by atoms with Crippen LogP contribution in [0.1, 0.15) is 26.3 Å². The van der Waals surface area contributed by atoms with E-state index >= 15 is 0 Å². The number of hydrogen-bond donors (Lipinski definition) is 1. The van der Waals surface area contributed by atoms with Gasteiger partial charge in [0.1, 0.15) is 27.2 Å². The molecule has 0 fully saturated rings. The zero-order chi connectivity index (χ0) is 20.4. The van der Waals surface area contributed by atoms with Crippen molar-refractivity contribution in [1.29, 1.82) is 0 Å². The van der Waals surface area contributed by atoms with Crippen LogP contribution < -0.4 is 0 Å². The van der Waals surface area contributed by atoms with Crippen molar-refractivity contribution < 1.29 is 0 Å². The van der Waals surface area contributed by atoms with Crippen molar-refractivity contribution in [3.63, 3.8) is 0 Å². The second-order valence-corrected chi connectivity index (χ2v) is 9.52. The average molecular weight is 377 g/mol. The summed E-state index contributed by atoms with van der Waals surface area (Å²) >= 11 is 0. The Labute approximate surface area is 173 Å². The van der Waals surface area contributed by atoms with Crippen molar-refractivity contribution in [1.82, 2.24) is 14.5 Å². The van der Waals surface area contributed by atoms with Gasteiger partial charge in [0, 0.05) is 27.9 Å². The van der Waals surface area contributed by atoms with Crippen molar-refractivity contribution >= 4 is 48.5 Å². The van der Waals surface area contributed by atoms with Crippen molar-refractivity contribution in [2.45, 2.75) is 26.0 Å². The highest BCUT2D eigenvalue weighted by Gasteiger charge is 2.34. The van der Waals surface area contributed by atoms with E-state index in [1.165, 1.54) is 27.2 Å². The van der Waals surface area contributed by atoms with Gasteiger partial charge in [-0.3, -0.25) is 4.57 Å². The van der Waals surface area contributed by atoms with E-state index in [1.54, 1.807) is 0 Å². The van der Waals surface area contributed by atoms with E-state index in [2.05, 4.69) is 107 Å². The smallest absolute Gasteiger partial charge is 0.138 e. The zero-order valence-electron chi connectivity index (χ0n) is 17.7. The van der Waals surface area contributed by atoms with Gasteiger partial charge in [-0.25, -0.2) is 4.98 Å². The number of aromatic amines is 1. The minimum absolute atomic E-state index is 0.0210. The molecule has 1 N–H and O–H groups in total. The fraction of sp³-hybridized carbons (Fsp3) is 0.208. The SMILES string of the molecule is BC(B)(c1ccnc(-n2c3ccccc3c3c4ccccc4[nH]c32)c1)C(C)(C)C. The maximum absolute atomic E-state index is 4.79. The molecule has 2 aromatic carbocycles. The molecule has 0 amide bonds. The van der Waals surface area contributed by atoms with Gasteiger partial charge in [0.05, 0.1) is 5.52 Å². The first-order valence-corrected chi connectivity index (χ1v) is 10.3. The first-order valence-electron chi connectivity index (χ1n) is 10.3. The average Bonchev–Trinajstić information content (AvgIpc) is 3.21. The van der Waals surface area contributed by atoms with Gasteiger partial charge in [-0.15, -0.1) is 0 Å². The number of rotatable bonds is 2. The highest BCUT2D eigenvalue weighted by molar-refractivity contribution is 6.40. The molecule has 0 bridgehead atoms. The Morgan fingerprint density at radius 3 is 2.34 bits per heavy atom. The van der Waals surface area contributed by atoms with Crippen molar-refractivity contribution in [3.8, 4) is 5.82 Å². The van der Waals surface area contributed by atoms with Gasteiger partial charge >= 0.3 is 0 Å². The first-order chi connectivity index (χ1) is 13.8. The van der Waals surface area contributed by atoms with E-state index in [9.17, 15) is 0 Å². The predicted octanol–water partition coefficient (Wildman–Crippen LogP) is 4.13. The summed E-state index contributed by atoms with van der Waals surface area (Å²) in [6.07, 6.45) is 1.95. The summed E-state index contributed by atoms with van der Waals surface area (Å²) in [5, 5.41) is 3.79. The summed E-state index contributed by atoms with van der Waals surface area (Å²) in [4.78, 5) is 8.44. The summed E-state index contributed by atoms with van der Waals surface area (Å²) in [6, 6.07) is 21.5. The van der Waals surface area contributed by atoms with E-state index in [0.29, 0.717) is 0 Å². The monoisotopic (exact) mass is 377 g/mol. The van der Waals surface area contributed by atoms with E-state index in [-0.39, 0.29) is 10.6 Å². The van der Waals surface area contributed by atoms with Crippen LogP contribution >= 0.6 is 0 Å². The minimum atomic E-state index is 0.0210. The number of aromatic nitrogens is 3. The minimum Gasteiger partial charge on any atom is -0.340 e. The fourth-order valence-electron chi connectivity index (χ4n) is 4.17. The molecule has 0 aliphatic heterocycles. The molecule has 3 aromatic heterocycles. The van der Waals surface area contributed by atoms with Crippen molar-refractivity contribution in [2.75, 3.05) is 0 Å². The molecule has 0 radical (unpaired) electrons. The number of fused-ring (bicyclic) bond motifs is 5. The molecular formula is C24H25B2N3. The summed E-state index contributed by atoms with van der Waals surface area (Å²) in [7, 11) is 4.64. The Kier molecular flexibility index (Phi) is 3.76. The highest BCUT2D eigenvalue weighted by Crippen LogP contribution is 2.39. The van der Waals surface area contributed by atoms with E-state index in [1.807, 2.05) is 6.20 Å². The number of nitrogens with zero attached hydrogens (tertiary/aromatic N) is 2. The lowest BCUT2D eigenvalue weighted by molar-refractivity contribution is 0.358. The van der Waals surface area contributed by atoms with E-state index in [4.69, 9.17) is 4.98 Å². The number of para-hydroxylation sites is 2. The molecule has 0 saturated heterocycles. The summed E-state index contributed by atoms with van der Waals surface area (Å²) in [5.41, 5.74) is 4.88. The summed E-state index contributed by atoms with van der Waals surface area (Å²) in [5.74, 6) is 0.956. The third-order valence-corrected chi connectivity index (χ3v) is 6.90. The lowest BCUT2D eigenvalue weighted by atomic mass is 9.41. The maximum atomic E-state index is 4.79. The number of benzene rings is 2. The number of nitrogens with one attached hydrogen (secondary N) is 1. The Hall–Kier alpha value is -2.94. The van der Waals surface area contributed by atoms with Gasteiger partial charge in [0.2, 0.25) is 0 Å². The molecule has 3 heterocycles. The lowest BCUT2D eigenvalue weighted by Crippen LogP contribution is -2.41. The molecule has 0 aliphatic carbocycles. The Balaban J connectivity index is 1.85. The second-order valence-electron chi connectivity index (χ2n) is 9.52. The van der Waals surface area contributed by atoms with Crippen LogP contribution in [0.15, 0.2) is 66.9 Å². The zero-order valence-corrected chi connectivity index (χ0v) is 17.7.